The summed E-state index contributed by atoms with van der Waals surface area (Å²) in [5, 5.41) is 3.42. The Morgan fingerprint density at radius 2 is 2.20 bits per heavy atom. The van der Waals surface area contributed by atoms with E-state index >= 15 is 0 Å². The quantitative estimate of drug-likeness (QED) is 0.814. The first-order valence-corrected chi connectivity index (χ1v) is 5.39. The van der Waals surface area contributed by atoms with Crippen molar-refractivity contribution < 1.29 is 4.79 Å². The van der Waals surface area contributed by atoms with Gasteiger partial charge >= 0.3 is 0 Å². The number of hydrogen-bond acceptors (Lipinski definition) is 2. The molecule has 2 rings (SSSR count). The molecule has 0 bridgehead atoms. The Balaban J connectivity index is 2.15. The lowest BCUT2D eigenvalue weighted by atomic mass is 10.2. The fourth-order valence-electron chi connectivity index (χ4n) is 1.20. The second kappa shape index (κ2) is 3.65. The third kappa shape index (κ3) is 2.41. The summed E-state index contributed by atoms with van der Waals surface area (Å²) in [6.07, 6.45) is 3.47. The molecule has 1 aliphatic carbocycles. The lowest BCUT2D eigenvalue weighted by Gasteiger charge is -2.11. The van der Waals surface area contributed by atoms with E-state index in [0.29, 0.717) is 10.6 Å². The minimum absolute atomic E-state index is 0.0385. The summed E-state index contributed by atoms with van der Waals surface area (Å²) in [6.45, 7) is 2.01. The molecule has 0 aliphatic heterocycles. The van der Waals surface area contributed by atoms with Crippen LogP contribution in [0.2, 0.25) is 10.2 Å². The van der Waals surface area contributed by atoms with E-state index in [4.69, 9.17) is 23.2 Å². The average molecular weight is 245 g/mol. The Kier molecular flexibility index (Phi) is 2.61. The van der Waals surface area contributed by atoms with Gasteiger partial charge < -0.3 is 5.32 Å². The molecule has 0 spiro atoms. The highest BCUT2D eigenvalue weighted by molar-refractivity contribution is 6.41. The van der Waals surface area contributed by atoms with E-state index in [1.807, 2.05) is 6.92 Å². The van der Waals surface area contributed by atoms with Crippen LogP contribution in [0, 0.1) is 0 Å². The van der Waals surface area contributed by atoms with Gasteiger partial charge in [0.2, 0.25) is 0 Å². The van der Waals surface area contributed by atoms with Gasteiger partial charge in [0.05, 0.1) is 10.6 Å². The van der Waals surface area contributed by atoms with Crippen LogP contribution in [0.5, 0.6) is 0 Å². The van der Waals surface area contributed by atoms with Crippen molar-refractivity contribution in [2.45, 2.75) is 25.3 Å². The highest BCUT2D eigenvalue weighted by Crippen LogP contribution is 2.34. The number of carbonyl (C=O) groups excluding carboxylic acids is 1. The zero-order valence-electron chi connectivity index (χ0n) is 8.18. The van der Waals surface area contributed by atoms with Crippen molar-refractivity contribution in [3.05, 3.63) is 28.0 Å². The van der Waals surface area contributed by atoms with Crippen molar-refractivity contribution in [1.29, 1.82) is 0 Å². The van der Waals surface area contributed by atoms with Gasteiger partial charge in [-0.2, -0.15) is 0 Å². The maximum absolute atomic E-state index is 11.7. The highest BCUT2D eigenvalue weighted by Gasteiger charge is 2.38. The van der Waals surface area contributed by atoms with Crippen LogP contribution in [-0.4, -0.2) is 16.4 Å². The number of nitrogens with one attached hydrogen (secondary N) is 1. The molecule has 1 heterocycles. The Morgan fingerprint density at radius 1 is 1.53 bits per heavy atom. The Morgan fingerprint density at radius 3 is 2.73 bits per heavy atom. The van der Waals surface area contributed by atoms with Crippen LogP contribution < -0.4 is 5.32 Å². The molecule has 1 fully saturated rings. The third-order valence-electron chi connectivity index (χ3n) is 2.47. The molecular formula is C10H10Cl2N2O. The van der Waals surface area contributed by atoms with Crippen LogP contribution in [0.15, 0.2) is 12.3 Å². The molecule has 1 saturated carbocycles. The lowest BCUT2D eigenvalue weighted by Crippen LogP contribution is -2.34. The van der Waals surface area contributed by atoms with E-state index in [1.54, 1.807) is 0 Å². The number of aromatic nitrogens is 1. The maximum atomic E-state index is 11.7. The SMILES string of the molecule is CC1(NC(=O)c2cnc(Cl)c(Cl)c2)CC1. The van der Waals surface area contributed by atoms with E-state index in [9.17, 15) is 4.79 Å². The minimum atomic E-state index is -0.152. The minimum Gasteiger partial charge on any atom is -0.347 e. The van der Waals surface area contributed by atoms with Crippen molar-refractivity contribution in [2.75, 3.05) is 0 Å². The summed E-state index contributed by atoms with van der Waals surface area (Å²) < 4.78 is 0. The van der Waals surface area contributed by atoms with Gasteiger partial charge in [-0.05, 0) is 25.8 Å². The van der Waals surface area contributed by atoms with Gasteiger partial charge in [-0.15, -0.1) is 0 Å². The molecule has 5 heteroatoms. The Hall–Kier alpha value is -0.800. The maximum Gasteiger partial charge on any atom is 0.253 e. The number of carbonyl (C=O) groups is 1. The molecule has 1 aromatic heterocycles. The molecule has 0 aromatic carbocycles. The molecular weight excluding hydrogens is 235 g/mol. The molecule has 15 heavy (non-hydrogen) atoms. The topological polar surface area (TPSA) is 42.0 Å². The van der Waals surface area contributed by atoms with Crippen LogP contribution >= 0.6 is 23.2 Å². The Labute approximate surface area is 97.8 Å². The number of halogens is 2. The average Bonchev–Trinajstić information content (AvgIpc) is 2.88. The largest absolute Gasteiger partial charge is 0.347 e. The van der Waals surface area contributed by atoms with Crippen molar-refractivity contribution >= 4 is 29.1 Å². The highest BCUT2D eigenvalue weighted by atomic mass is 35.5. The van der Waals surface area contributed by atoms with E-state index in [2.05, 4.69) is 10.3 Å². The smallest absolute Gasteiger partial charge is 0.253 e. The predicted octanol–water partition coefficient (Wildman–Crippen LogP) is 2.67. The zero-order valence-corrected chi connectivity index (χ0v) is 9.69. The number of amides is 1. The molecule has 1 N–H and O–H groups in total. The van der Waals surface area contributed by atoms with Crippen LogP contribution in [0.3, 0.4) is 0 Å². The molecule has 0 saturated heterocycles. The van der Waals surface area contributed by atoms with E-state index in [-0.39, 0.29) is 16.6 Å². The van der Waals surface area contributed by atoms with Gasteiger partial charge in [-0.3, -0.25) is 4.79 Å². The first-order chi connectivity index (χ1) is 7.00. The lowest BCUT2D eigenvalue weighted by molar-refractivity contribution is 0.0935. The fraction of sp³-hybridized carbons (Fsp3) is 0.400. The van der Waals surface area contributed by atoms with Crippen LogP contribution in [-0.2, 0) is 0 Å². The standard InChI is InChI=1S/C10H10Cl2N2O/c1-10(2-3-10)14-9(15)6-4-7(11)8(12)13-5-6/h4-5H,2-3H2,1H3,(H,14,15). The zero-order chi connectivity index (χ0) is 11.1. The van der Waals surface area contributed by atoms with Gasteiger partial charge in [0.25, 0.3) is 5.91 Å². The second-order valence-corrected chi connectivity index (χ2v) is 4.78. The number of hydrogen-bond donors (Lipinski definition) is 1. The van der Waals surface area contributed by atoms with Crippen molar-refractivity contribution in [3.8, 4) is 0 Å². The normalized spacial score (nSPS) is 17.3. The summed E-state index contributed by atoms with van der Waals surface area (Å²) in [5.41, 5.74) is 0.404. The third-order valence-corrected chi connectivity index (χ3v) is 3.16. The van der Waals surface area contributed by atoms with Gasteiger partial charge in [0.1, 0.15) is 5.15 Å². The first-order valence-electron chi connectivity index (χ1n) is 4.64. The van der Waals surface area contributed by atoms with Crippen LogP contribution in [0.1, 0.15) is 30.1 Å². The van der Waals surface area contributed by atoms with Gasteiger partial charge in [0, 0.05) is 11.7 Å². The van der Waals surface area contributed by atoms with E-state index < -0.39 is 0 Å². The monoisotopic (exact) mass is 244 g/mol. The van der Waals surface area contributed by atoms with Gasteiger partial charge in [0.15, 0.2) is 0 Å². The summed E-state index contributed by atoms with van der Waals surface area (Å²) in [6, 6.07) is 1.53. The van der Waals surface area contributed by atoms with E-state index in [1.165, 1.54) is 12.3 Å². The number of pyridine rings is 1. The summed E-state index contributed by atoms with van der Waals surface area (Å²) >= 11 is 11.4. The van der Waals surface area contributed by atoms with Crippen molar-refractivity contribution in [1.82, 2.24) is 10.3 Å². The Bertz CT molecular complexity index is 416. The molecule has 0 atom stereocenters. The molecule has 0 radical (unpaired) electrons. The van der Waals surface area contributed by atoms with E-state index in [0.717, 1.165) is 12.8 Å². The molecule has 0 unspecified atom stereocenters. The molecule has 1 amide bonds. The van der Waals surface area contributed by atoms with Crippen LogP contribution in [0.4, 0.5) is 0 Å². The van der Waals surface area contributed by atoms with Crippen molar-refractivity contribution in [3.63, 3.8) is 0 Å². The first kappa shape index (κ1) is 10.7. The number of nitrogens with zero attached hydrogens (tertiary/aromatic N) is 1. The predicted molar refractivity (Wildman–Crippen MR) is 59.4 cm³/mol. The molecule has 1 aromatic rings. The van der Waals surface area contributed by atoms with Gasteiger partial charge in [-0.25, -0.2) is 4.98 Å². The van der Waals surface area contributed by atoms with Crippen molar-refractivity contribution in [2.24, 2.45) is 0 Å². The summed E-state index contributed by atoms with van der Waals surface area (Å²) in [4.78, 5) is 15.5. The second-order valence-electron chi connectivity index (χ2n) is 4.01. The summed E-state index contributed by atoms with van der Waals surface area (Å²) in [7, 11) is 0. The summed E-state index contributed by atoms with van der Waals surface area (Å²) in [5.74, 6) is -0.152. The van der Waals surface area contributed by atoms with Crippen LogP contribution in [0.25, 0.3) is 0 Å². The molecule has 80 valence electrons. The molecule has 1 aliphatic rings. The number of rotatable bonds is 2. The fourth-order valence-corrected chi connectivity index (χ4v) is 1.47. The van der Waals surface area contributed by atoms with Gasteiger partial charge in [-0.1, -0.05) is 23.2 Å². The molecule has 3 nitrogen and oxygen atoms in total.